The number of H-pyrrole nitrogens is 1. The summed E-state index contributed by atoms with van der Waals surface area (Å²) in [6, 6.07) is 11.1. The summed E-state index contributed by atoms with van der Waals surface area (Å²) in [5.41, 5.74) is 5.48. The molecule has 0 spiro atoms. The van der Waals surface area contributed by atoms with Crippen LogP contribution in [0.2, 0.25) is 0 Å². The molecule has 0 radical (unpaired) electrons. The summed E-state index contributed by atoms with van der Waals surface area (Å²) in [6.45, 7) is 0.994. The molecule has 4 rings (SSSR count). The third kappa shape index (κ3) is 3.91. The van der Waals surface area contributed by atoms with Crippen molar-refractivity contribution < 1.29 is 22.4 Å². The Bertz CT molecular complexity index is 1220. The lowest BCUT2D eigenvalue weighted by Gasteiger charge is -2.15. The van der Waals surface area contributed by atoms with Gasteiger partial charge in [0.2, 0.25) is 10.0 Å². The smallest absolute Gasteiger partial charge is 0.286 e. The number of nitrogens with one attached hydrogen (secondary N) is 3. The van der Waals surface area contributed by atoms with E-state index in [4.69, 9.17) is 0 Å². The minimum atomic E-state index is -3.56. The first-order valence-electron chi connectivity index (χ1n) is 9.34. The molecule has 10 heteroatoms. The first-order chi connectivity index (χ1) is 14.3. The summed E-state index contributed by atoms with van der Waals surface area (Å²) in [5.74, 6) is -1.62. The van der Waals surface area contributed by atoms with E-state index < -0.39 is 27.7 Å². The normalized spacial score (nSPS) is 14.7. The number of benzene rings is 2. The van der Waals surface area contributed by atoms with Crippen molar-refractivity contribution in [1.29, 1.82) is 0 Å². The Kier molecular flexibility index (Phi) is 5.27. The fraction of sp³-hybridized carbons (Fsp3) is 0.200. The van der Waals surface area contributed by atoms with E-state index in [0.29, 0.717) is 24.0 Å². The lowest BCUT2D eigenvalue weighted by Crippen LogP contribution is -2.41. The van der Waals surface area contributed by atoms with Gasteiger partial charge in [-0.3, -0.25) is 20.4 Å². The molecule has 3 N–H and O–H groups in total. The Morgan fingerprint density at radius 1 is 0.933 bits per heavy atom. The van der Waals surface area contributed by atoms with E-state index in [2.05, 4.69) is 15.8 Å². The molecule has 156 valence electrons. The Morgan fingerprint density at radius 2 is 1.60 bits per heavy atom. The number of halogens is 1. The maximum absolute atomic E-state index is 13.3. The topological polar surface area (TPSA) is 111 Å². The van der Waals surface area contributed by atoms with Crippen LogP contribution in [0.15, 0.2) is 53.4 Å². The first-order valence-corrected chi connectivity index (χ1v) is 10.8. The summed E-state index contributed by atoms with van der Waals surface area (Å²) in [7, 11) is -3.56. The van der Waals surface area contributed by atoms with E-state index in [-0.39, 0.29) is 16.2 Å². The Hall–Kier alpha value is -3.24. The third-order valence-electron chi connectivity index (χ3n) is 4.94. The van der Waals surface area contributed by atoms with Crippen molar-refractivity contribution in [3.05, 3.63) is 65.6 Å². The van der Waals surface area contributed by atoms with Crippen LogP contribution in [0.25, 0.3) is 10.9 Å². The SMILES string of the molecule is O=C(NNC(=O)c1cc2cc(F)ccc2[nH]1)c1ccc(S(=O)(=O)N2CCCC2)cc1. The van der Waals surface area contributed by atoms with Gasteiger partial charge >= 0.3 is 0 Å². The molecule has 0 unspecified atom stereocenters. The number of hydrogen-bond acceptors (Lipinski definition) is 4. The molecule has 1 aliphatic heterocycles. The molecule has 1 fully saturated rings. The third-order valence-corrected chi connectivity index (χ3v) is 6.85. The van der Waals surface area contributed by atoms with Crippen molar-refractivity contribution in [3.63, 3.8) is 0 Å². The minimum Gasteiger partial charge on any atom is -0.350 e. The van der Waals surface area contributed by atoms with Gasteiger partial charge in [-0.15, -0.1) is 0 Å². The highest BCUT2D eigenvalue weighted by molar-refractivity contribution is 7.89. The zero-order valence-electron chi connectivity index (χ0n) is 15.8. The molecule has 2 amide bonds. The minimum absolute atomic E-state index is 0.121. The van der Waals surface area contributed by atoms with Crippen molar-refractivity contribution in [1.82, 2.24) is 20.1 Å². The number of nitrogens with zero attached hydrogens (tertiary/aromatic N) is 1. The number of carbonyl (C=O) groups excluding carboxylic acids is 2. The quantitative estimate of drug-likeness (QED) is 0.551. The van der Waals surface area contributed by atoms with Crippen LogP contribution in [0.4, 0.5) is 4.39 Å². The summed E-state index contributed by atoms with van der Waals surface area (Å²) < 4.78 is 39.7. The van der Waals surface area contributed by atoms with Gasteiger partial charge in [0, 0.05) is 29.6 Å². The number of hydrazine groups is 1. The second kappa shape index (κ2) is 7.88. The molecule has 2 aromatic carbocycles. The first kappa shape index (κ1) is 20.0. The number of rotatable bonds is 4. The molecule has 0 saturated carbocycles. The molecule has 30 heavy (non-hydrogen) atoms. The molecule has 3 aromatic rings. The van der Waals surface area contributed by atoms with Gasteiger partial charge in [0.05, 0.1) is 4.90 Å². The predicted molar refractivity (Wildman–Crippen MR) is 108 cm³/mol. The summed E-state index contributed by atoms with van der Waals surface area (Å²) in [5, 5.41) is 0.529. The highest BCUT2D eigenvalue weighted by Crippen LogP contribution is 2.21. The second-order valence-electron chi connectivity index (χ2n) is 6.96. The van der Waals surface area contributed by atoms with Crippen LogP contribution >= 0.6 is 0 Å². The lowest BCUT2D eigenvalue weighted by molar-refractivity contribution is 0.0844. The van der Waals surface area contributed by atoms with Crippen LogP contribution in [-0.2, 0) is 10.0 Å². The average molecular weight is 430 g/mol. The van der Waals surface area contributed by atoms with Crippen LogP contribution in [0.1, 0.15) is 33.7 Å². The summed E-state index contributed by atoms with van der Waals surface area (Å²) in [4.78, 5) is 27.5. The predicted octanol–water partition coefficient (Wildman–Crippen LogP) is 2.17. The van der Waals surface area contributed by atoms with Gasteiger partial charge in [-0.2, -0.15) is 4.31 Å². The molecule has 0 bridgehead atoms. The molecule has 1 aromatic heterocycles. The molecule has 0 atom stereocenters. The van der Waals surface area contributed by atoms with Gasteiger partial charge < -0.3 is 4.98 Å². The Morgan fingerprint density at radius 3 is 2.30 bits per heavy atom. The molecule has 1 aliphatic rings. The van der Waals surface area contributed by atoms with Crippen molar-refractivity contribution >= 4 is 32.7 Å². The van der Waals surface area contributed by atoms with Crippen molar-refractivity contribution in [2.75, 3.05) is 13.1 Å². The summed E-state index contributed by atoms with van der Waals surface area (Å²) in [6.07, 6.45) is 1.68. The number of aromatic amines is 1. The van der Waals surface area contributed by atoms with E-state index in [1.165, 1.54) is 52.8 Å². The van der Waals surface area contributed by atoms with Crippen LogP contribution in [-0.4, -0.2) is 42.6 Å². The van der Waals surface area contributed by atoms with Crippen molar-refractivity contribution in [2.45, 2.75) is 17.7 Å². The van der Waals surface area contributed by atoms with Gasteiger partial charge in [0.15, 0.2) is 0 Å². The van der Waals surface area contributed by atoms with E-state index in [1.807, 2.05) is 0 Å². The van der Waals surface area contributed by atoms with Gasteiger partial charge in [-0.25, -0.2) is 12.8 Å². The molecular formula is C20H19FN4O4S. The zero-order valence-corrected chi connectivity index (χ0v) is 16.6. The monoisotopic (exact) mass is 430 g/mol. The maximum Gasteiger partial charge on any atom is 0.286 e. The fourth-order valence-electron chi connectivity index (χ4n) is 3.33. The van der Waals surface area contributed by atoms with Gasteiger partial charge in [0.25, 0.3) is 11.8 Å². The van der Waals surface area contributed by atoms with Crippen molar-refractivity contribution in [3.8, 4) is 0 Å². The van der Waals surface area contributed by atoms with E-state index >= 15 is 0 Å². The lowest BCUT2D eigenvalue weighted by atomic mass is 10.2. The molecule has 0 aliphatic carbocycles. The largest absolute Gasteiger partial charge is 0.350 e. The number of aromatic nitrogens is 1. The Labute approximate surface area is 172 Å². The number of hydrogen-bond donors (Lipinski definition) is 3. The van der Waals surface area contributed by atoms with Gasteiger partial charge in [-0.05, 0) is 61.4 Å². The zero-order chi connectivity index (χ0) is 21.3. The van der Waals surface area contributed by atoms with Crippen LogP contribution in [0.5, 0.6) is 0 Å². The summed E-state index contributed by atoms with van der Waals surface area (Å²) >= 11 is 0. The maximum atomic E-state index is 13.3. The average Bonchev–Trinajstić information content (AvgIpc) is 3.42. The van der Waals surface area contributed by atoms with Crippen molar-refractivity contribution in [2.24, 2.45) is 0 Å². The van der Waals surface area contributed by atoms with E-state index in [0.717, 1.165) is 12.8 Å². The standard InChI is InChI=1S/C20H19FN4O4S/c21-15-5-8-17-14(11-15)12-18(22-17)20(27)24-23-19(26)13-3-6-16(7-4-13)30(28,29)25-9-1-2-10-25/h3-8,11-12,22H,1-2,9-10H2,(H,23,26)(H,24,27). The molecule has 1 saturated heterocycles. The highest BCUT2D eigenvalue weighted by atomic mass is 32.2. The number of sulfonamides is 1. The molecule has 2 heterocycles. The number of fused-ring (bicyclic) bond motifs is 1. The fourth-order valence-corrected chi connectivity index (χ4v) is 4.85. The van der Waals surface area contributed by atoms with Gasteiger partial charge in [0.1, 0.15) is 11.5 Å². The molecular weight excluding hydrogens is 411 g/mol. The second-order valence-corrected chi connectivity index (χ2v) is 8.90. The van der Waals surface area contributed by atoms with Crippen LogP contribution in [0, 0.1) is 5.82 Å². The highest BCUT2D eigenvalue weighted by Gasteiger charge is 2.27. The Balaban J connectivity index is 1.40. The van der Waals surface area contributed by atoms with E-state index in [1.54, 1.807) is 0 Å². The number of carbonyl (C=O) groups is 2. The van der Waals surface area contributed by atoms with E-state index in [9.17, 15) is 22.4 Å². The molecule has 8 nitrogen and oxygen atoms in total. The van der Waals surface area contributed by atoms with Gasteiger partial charge in [-0.1, -0.05) is 0 Å². The number of amides is 2. The van der Waals surface area contributed by atoms with Crippen LogP contribution < -0.4 is 10.9 Å². The van der Waals surface area contributed by atoms with Crippen LogP contribution in [0.3, 0.4) is 0 Å².